The van der Waals surface area contributed by atoms with Gasteiger partial charge in [-0.3, -0.25) is 4.79 Å². The zero-order valence-corrected chi connectivity index (χ0v) is 10.6. The Morgan fingerprint density at radius 1 is 1.31 bits per heavy atom. The summed E-state index contributed by atoms with van der Waals surface area (Å²) in [6.45, 7) is 4.76. The van der Waals surface area contributed by atoms with E-state index in [1.165, 1.54) is 13.8 Å². The lowest BCUT2D eigenvalue weighted by Gasteiger charge is -2.22. The van der Waals surface area contributed by atoms with Gasteiger partial charge >= 0.3 is 0 Å². The molecule has 2 aliphatic rings. The van der Waals surface area contributed by atoms with Gasteiger partial charge in [-0.1, -0.05) is 0 Å². The zero-order chi connectivity index (χ0) is 12.1. The van der Waals surface area contributed by atoms with Gasteiger partial charge in [0.15, 0.2) is 9.84 Å². The number of carbonyl (C=O) groups is 1. The Hall–Kier alpha value is -0.620. The highest BCUT2D eigenvalue weighted by Crippen LogP contribution is 2.41. The second-order valence-corrected chi connectivity index (χ2v) is 7.83. The van der Waals surface area contributed by atoms with Gasteiger partial charge in [0.2, 0.25) is 5.91 Å². The molecule has 2 N–H and O–H groups in total. The van der Waals surface area contributed by atoms with Crippen molar-refractivity contribution in [1.29, 1.82) is 0 Å². The van der Waals surface area contributed by atoms with Crippen molar-refractivity contribution >= 4 is 15.7 Å². The maximum Gasteiger partial charge on any atom is 0.241 e. The van der Waals surface area contributed by atoms with Gasteiger partial charge < -0.3 is 10.6 Å². The fraction of sp³-hybridized carbons (Fsp3) is 0.900. The zero-order valence-electron chi connectivity index (χ0n) is 9.78. The molecule has 2 unspecified atom stereocenters. The molecule has 16 heavy (non-hydrogen) atoms. The lowest BCUT2D eigenvalue weighted by atomic mass is 10.2. The molecule has 0 bridgehead atoms. The second kappa shape index (κ2) is 3.43. The van der Waals surface area contributed by atoms with Gasteiger partial charge in [0.05, 0.1) is 0 Å². The van der Waals surface area contributed by atoms with Gasteiger partial charge in [-0.15, -0.1) is 0 Å². The number of hydrogen-bond donors (Lipinski definition) is 2. The number of hydrogen-bond acceptors (Lipinski definition) is 4. The number of piperidine rings is 1. The molecule has 2 rings (SSSR count). The molecule has 0 aromatic rings. The first kappa shape index (κ1) is 11.9. The molecule has 2 fully saturated rings. The molecule has 2 atom stereocenters. The van der Waals surface area contributed by atoms with Gasteiger partial charge in [0.25, 0.3) is 0 Å². The van der Waals surface area contributed by atoms with Crippen LogP contribution >= 0.6 is 0 Å². The SMILES string of the molecule is CC(C)(C(=O)NC1C2CNCC21)S(C)(=O)=O. The van der Waals surface area contributed by atoms with Crippen LogP contribution in [0.3, 0.4) is 0 Å². The maximum atomic E-state index is 11.9. The number of rotatable bonds is 3. The molecule has 1 aliphatic heterocycles. The van der Waals surface area contributed by atoms with Gasteiger partial charge in [0.1, 0.15) is 4.75 Å². The molecule has 0 aromatic carbocycles. The normalized spacial score (nSPS) is 33.3. The highest BCUT2D eigenvalue weighted by Gasteiger charge is 2.55. The lowest BCUT2D eigenvalue weighted by Crippen LogP contribution is -2.49. The van der Waals surface area contributed by atoms with E-state index in [4.69, 9.17) is 0 Å². The van der Waals surface area contributed by atoms with Crippen LogP contribution in [-0.4, -0.2) is 44.5 Å². The number of amides is 1. The third-order valence-electron chi connectivity index (χ3n) is 3.86. The average Bonchev–Trinajstić information content (AvgIpc) is 2.61. The van der Waals surface area contributed by atoms with Crippen molar-refractivity contribution in [1.82, 2.24) is 10.6 Å². The first-order valence-electron chi connectivity index (χ1n) is 5.46. The van der Waals surface area contributed by atoms with E-state index in [2.05, 4.69) is 10.6 Å². The van der Waals surface area contributed by atoms with Crippen molar-refractivity contribution in [2.75, 3.05) is 19.3 Å². The summed E-state index contributed by atoms with van der Waals surface area (Å²) in [6.07, 6.45) is 1.10. The van der Waals surface area contributed by atoms with E-state index in [0.29, 0.717) is 11.8 Å². The average molecular weight is 246 g/mol. The molecule has 92 valence electrons. The van der Waals surface area contributed by atoms with Crippen LogP contribution in [-0.2, 0) is 14.6 Å². The monoisotopic (exact) mass is 246 g/mol. The summed E-state index contributed by atoms with van der Waals surface area (Å²) < 4.78 is 21.6. The van der Waals surface area contributed by atoms with Crippen LogP contribution in [0.2, 0.25) is 0 Å². The lowest BCUT2D eigenvalue weighted by molar-refractivity contribution is -0.123. The Morgan fingerprint density at radius 2 is 1.81 bits per heavy atom. The van der Waals surface area contributed by atoms with Gasteiger partial charge in [-0.25, -0.2) is 8.42 Å². The van der Waals surface area contributed by atoms with E-state index >= 15 is 0 Å². The molecule has 0 aromatic heterocycles. The van der Waals surface area contributed by atoms with E-state index < -0.39 is 14.6 Å². The van der Waals surface area contributed by atoms with E-state index in [9.17, 15) is 13.2 Å². The summed E-state index contributed by atoms with van der Waals surface area (Å²) in [6, 6.07) is 0.176. The third kappa shape index (κ3) is 1.73. The van der Waals surface area contributed by atoms with Crippen molar-refractivity contribution in [2.24, 2.45) is 11.8 Å². The quantitative estimate of drug-likeness (QED) is 0.680. The summed E-state index contributed by atoms with van der Waals surface area (Å²) >= 11 is 0. The molecule has 1 saturated heterocycles. The molecule has 6 heteroatoms. The minimum atomic E-state index is -3.37. The minimum Gasteiger partial charge on any atom is -0.351 e. The Kier molecular flexibility index (Phi) is 2.54. The predicted molar refractivity (Wildman–Crippen MR) is 60.7 cm³/mol. The smallest absolute Gasteiger partial charge is 0.241 e. The summed E-state index contributed by atoms with van der Waals surface area (Å²) in [5.41, 5.74) is 0. The summed E-state index contributed by atoms with van der Waals surface area (Å²) in [7, 11) is -3.37. The number of sulfone groups is 1. The minimum absolute atomic E-state index is 0.176. The van der Waals surface area contributed by atoms with Crippen LogP contribution in [0.1, 0.15) is 13.8 Å². The van der Waals surface area contributed by atoms with Gasteiger partial charge in [-0.2, -0.15) is 0 Å². The highest BCUT2D eigenvalue weighted by molar-refractivity contribution is 7.92. The topological polar surface area (TPSA) is 75.3 Å². The maximum absolute atomic E-state index is 11.9. The molecule has 0 radical (unpaired) electrons. The summed E-state index contributed by atoms with van der Waals surface area (Å²) in [4.78, 5) is 11.9. The third-order valence-corrected chi connectivity index (χ3v) is 5.90. The van der Waals surface area contributed by atoms with Crippen molar-refractivity contribution in [3.05, 3.63) is 0 Å². The molecular weight excluding hydrogens is 228 g/mol. The predicted octanol–water partition coefficient (Wildman–Crippen LogP) is -0.856. The van der Waals surface area contributed by atoms with Crippen molar-refractivity contribution in [3.63, 3.8) is 0 Å². The van der Waals surface area contributed by atoms with Crippen LogP contribution in [0.5, 0.6) is 0 Å². The Bertz CT molecular complexity index is 406. The van der Waals surface area contributed by atoms with E-state index in [0.717, 1.165) is 19.3 Å². The van der Waals surface area contributed by atoms with Crippen molar-refractivity contribution in [3.8, 4) is 0 Å². The first-order chi connectivity index (χ1) is 7.25. The Labute approximate surface area is 95.9 Å². The number of nitrogens with one attached hydrogen (secondary N) is 2. The molecule has 0 spiro atoms. The summed E-state index contributed by atoms with van der Waals surface area (Å²) in [5, 5.41) is 6.07. The molecular formula is C10H18N2O3S. The fourth-order valence-electron chi connectivity index (χ4n) is 2.13. The molecule has 1 heterocycles. The Morgan fingerprint density at radius 3 is 2.25 bits per heavy atom. The number of fused-ring (bicyclic) bond motifs is 1. The highest BCUT2D eigenvalue weighted by atomic mass is 32.2. The van der Waals surface area contributed by atoms with E-state index in [-0.39, 0.29) is 11.9 Å². The van der Waals surface area contributed by atoms with Crippen molar-refractivity contribution < 1.29 is 13.2 Å². The van der Waals surface area contributed by atoms with Crippen LogP contribution in [0.25, 0.3) is 0 Å². The number of carbonyl (C=O) groups excluding carboxylic acids is 1. The van der Waals surface area contributed by atoms with Gasteiger partial charge in [0, 0.05) is 25.4 Å². The summed E-state index contributed by atoms with van der Waals surface area (Å²) in [5.74, 6) is 0.619. The van der Waals surface area contributed by atoms with Crippen molar-refractivity contribution in [2.45, 2.75) is 24.6 Å². The van der Waals surface area contributed by atoms with Crippen LogP contribution in [0, 0.1) is 11.8 Å². The molecule has 5 nitrogen and oxygen atoms in total. The van der Waals surface area contributed by atoms with E-state index in [1.54, 1.807) is 0 Å². The van der Waals surface area contributed by atoms with Gasteiger partial charge in [-0.05, 0) is 25.7 Å². The molecule has 1 aliphatic carbocycles. The standard InChI is InChI=1S/C10H18N2O3S/c1-10(2,16(3,14)15)9(13)12-8-6-4-11-5-7(6)8/h6-8,11H,4-5H2,1-3H3,(H,12,13). The van der Waals surface area contributed by atoms with E-state index in [1.807, 2.05) is 0 Å². The van der Waals surface area contributed by atoms with Crippen LogP contribution in [0.15, 0.2) is 0 Å². The fourth-order valence-corrected chi connectivity index (χ4v) is 2.52. The van der Waals surface area contributed by atoms with Crippen LogP contribution in [0.4, 0.5) is 0 Å². The Balaban J connectivity index is 1.99. The van der Waals surface area contributed by atoms with Crippen LogP contribution < -0.4 is 10.6 Å². The second-order valence-electron chi connectivity index (χ2n) is 5.27. The largest absolute Gasteiger partial charge is 0.351 e. The first-order valence-corrected chi connectivity index (χ1v) is 7.35. The molecule has 1 amide bonds. The molecule has 1 saturated carbocycles.